The molecule has 0 saturated carbocycles. The minimum atomic E-state index is -0.561. The molecule has 3 atom stereocenters. The van der Waals surface area contributed by atoms with E-state index in [1.807, 2.05) is 19.9 Å². The molecule has 0 unspecified atom stereocenters. The molecule has 90 valence electrons. The monoisotopic (exact) mass is 224 g/mol. The fraction of sp³-hybridized carbons (Fsp3) is 0.615. The van der Waals surface area contributed by atoms with Gasteiger partial charge in [0.15, 0.2) is 0 Å². The van der Waals surface area contributed by atoms with Crippen molar-refractivity contribution < 1.29 is 14.6 Å². The maximum Gasteiger partial charge on any atom is 0.305 e. The van der Waals surface area contributed by atoms with Gasteiger partial charge in [-0.2, -0.15) is 0 Å². The van der Waals surface area contributed by atoms with Crippen LogP contribution in [0.1, 0.15) is 26.7 Å². The predicted molar refractivity (Wildman–Crippen MR) is 62.8 cm³/mol. The number of methoxy groups -OCH3 is 1. The molecular weight excluding hydrogens is 204 g/mol. The van der Waals surface area contributed by atoms with Gasteiger partial charge >= 0.3 is 5.97 Å². The van der Waals surface area contributed by atoms with E-state index < -0.39 is 6.10 Å². The third-order valence-electron chi connectivity index (χ3n) is 3.35. The van der Waals surface area contributed by atoms with E-state index in [4.69, 9.17) is 0 Å². The first-order valence-corrected chi connectivity index (χ1v) is 5.54. The zero-order valence-corrected chi connectivity index (χ0v) is 10.2. The van der Waals surface area contributed by atoms with Gasteiger partial charge in [-0.15, -0.1) is 0 Å². The quantitative estimate of drug-likeness (QED) is 0.589. The summed E-state index contributed by atoms with van der Waals surface area (Å²) in [5.41, 5.74) is 1.95. The van der Waals surface area contributed by atoms with Crippen molar-refractivity contribution in [2.75, 3.05) is 7.11 Å². The third kappa shape index (κ3) is 2.73. The largest absolute Gasteiger partial charge is 0.469 e. The molecule has 0 radical (unpaired) electrons. The average molecular weight is 224 g/mol. The fourth-order valence-electron chi connectivity index (χ4n) is 2.26. The van der Waals surface area contributed by atoms with E-state index in [1.165, 1.54) is 7.11 Å². The lowest BCUT2D eigenvalue weighted by Crippen LogP contribution is -2.34. The SMILES string of the molecule is C=C(C)[C@@H]1CC=C(C)[C@H](O)[C@H]1CC(=O)OC. The highest BCUT2D eigenvalue weighted by Gasteiger charge is 2.34. The second-order valence-electron chi connectivity index (χ2n) is 4.53. The Bertz CT molecular complexity index is 317. The summed E-state index contributed by atoms with van der Waals surface area (Å²) in [5, 5.41) is 10.1. The molecule has 0 amide bonds. The molecule has 0 aliphatic heterocycles. The summed E-state index contributed by atoms with van der Waals surface area (Å²) in [5.74, 6) is -0.210. The molecule has 3 nitrogen and oxygen atoms in total. The van der Waals surface area contributed by atoms with Crippen LogP contribution in [-0.2, 0) is 9.53 Å². The van der Waals surface area contributed by atoms with Crippen molar-refractivity contribution in [1.82, 2.24) is 0 Å². The Labute approximate surface area is 96.8 Å². The normalized spacial score (nSPS) is 29.5. The highest BCUT2D eigenvalue weighted by atomic mass is 16.5. The van der Waals surface area contributed by atoms with Crippen LogP contribution in [0.15, 0.2) is 23.8 Å². The Balaban J connectivity index is 2.85. The smallest absolute Gasteiger partial charge is 0.305 e. The van der Waals surface area contributed by atoms with Gasteiger partial charge in [0.1, 0.15) is 0 Å². The van der Waals surface area contributed by atoms with Crippen LogP contribution in [0.5, 0.6) is 0 Å². The summed E-state index contributed by atoms with van der Waals surface area (Å²) < 4.78 is 4.67. The number of carbonyl (C=O) groups is 1. The van der Waals surface area contributed by atoms with E-state index >= 15 is 0 Å². The fourth-order valence-corrected chi connectivity index (χ4v) is 2.26. The average Bonchev–Trinajstić information content (AvgIpc) is 2.24. The van der Waals surface area contributed by atoms with Crippen molar-refractivity contribution in [2.24, 2.45) is 11.8 Å². The maximum absolute atomic E-state index is 11.3. The molecule has 0 aromatic heterocycles. The number of aliphatic hydroxyl groups is 1. The molecule has 0 aromatic carbocycles. The first kappa shape index (κ1) is 13.0. The molecule has 0 saturated heterocycles. The van der Waals surface area contributed by atoms with Crippen LogP contribution in [0, 0.1) is 11.8 Å². The van der Waals surface area contributed by atoms with Crippen molar-refractivity contribution in [1.29, 1.82) is 0 Å². The van der Waals surface area contributed by atoms with Crippen molar-refractivity contribution in [2.45, 2.75) is 32.8 Å². The maximum atomic E-state index is 11.3. The third-order valence-corrected chi connectivity index (χ3v) is 3.35. The molecule has 0 aromatic rings. The Morgan fingerprint density at radius 3 is 2.81 bits per heavy atom. The molecule has 0 bridgehead atoms. The lowest BCUT2D eigenvalue weighted by molar-refractivity contribution is -0.143. The molecule has 0 fully saturated rings. The van der Waals surface area contributed by atoms with Gasteiger partial charge < -0.3 is 9.84 Å². The summed E-state index contributed by atoms with van der Waals surface area (Å²) in [6.45, 7) is 7.76. The van der Waals surface area contributed by atoms with Crippen molar-refractivity contribution >= 4 is 5.97 Å². The number of carbonyl (C=O) groups excluding carboxylic acids is 1. The zero-order chi connectivity index (χ0) is 12.3. The molecule has 1 aliphatic rings. The Morgan fingerprint density at radius 2 is 2.31 bits per heavy atom. The Kier molecular flexibility index (Phi) is 4.30. The number of hydrogen-bond acceptors (Lipinski definition) is 3. The van der Waals surface area contributed by atoms with Crippen molar-refractivity contribution in [3.05, 3.63) is 23.8 Å². The minimum Gasteiger partial charge on any atom is -0.469 e. The first-order chi connectivity index (χ1) is 7.47. The standard InChI is InChI=1S/C13H20O3/c1-8(2)10-6-5-9(3)13(15)11(10)7-12(14)16-4/h5,10-11,13,15H,1,6-7H2,2-4H3/t10-,11-,13-/m0/s1. The van der Waals surface area contributed by atoms with Gasteiger partial charge in [-0.05, 0) is 31.8 Å². The topological polar surface area (TPSA) is 46.5 Å². The molecular formula is C13H20O3. The van der Waals surface area contributed by atoms with Crippen LogP contribution >= 0.6 is 0 Å². The van der Waals surface area contributed by atoms with Crippen LogP contribution < -0.4 is 0 Å². The molecule has 0 heterocycles. The van der Waals surface area contributed by atoms with E-state index in [0.29, 0.717) is 0 Å². The highest BCUT2D eigenvalue weighted by Crippen LogP contribution is 2.36. The summed E-state index contributed by atoms with van der Waals surface area (Å²) in [6.07, 6.45) is 2.56. The van der Waals surface area contributed by atoms with Crippen LogP contribution in [0.2, 0.25) is 0 Å². The van der Waals surface area contributed by atoms with Crippen molar-refractivity contribution in [3.63, 3.8) is 0 Å². The molecule has 1 aliphatic carbocycles. The second-order valence-corrected chi connectivity index (χ2v) is 4.53. The van der Waals surface area contributed by atoms with E-state index in [1.54, 1.807) is 0 Å². The van der Waals surface area contributed by atoms with Crippen LogP contribution in [0.4, 0.5) is 0 Å². The predicted octanol–water partition coefficient (Wildman–Crippen LogP) is 2.07. The molecule has 1 rings (SSSR count). The number of hydrogen-bond donors (Lipinski definition) is 1. The molecule has 1 N–H and O–H groups in total. The molecule has 16 heavy (non-hydrogen) atoms. The number of aliphatic hydroxyl groups excluding tert-OH is 1. The van der Waals surface area contributed by atoms with Crippen LogP contribution in [-0.4, -0.2) is 24.3 Å². The number of esters is 1. The van der Waals surface area contributed by atoms with Gasteiger partial charge in [-0.1, -0.05) is 18.2 Å². The van der Waals surface area contributed by atoms with Gasteiger partial charge in [0.05, 0.1) is 19.6 Å². The summed E-state index contributed by atoms with van der Waals surface area (Å²) in [7, 11) is 1.37. The highest BCUT2D eigenvalue weighted by molar-refractivity contribution is 5.69. The van der Waals surface area contributed by atoms with Gasteiger partial charge in [0.2, 0.25) is 0 Å². The number of ether oxygens (including phenoxy) is 1. The van der Waals surface area contributed by atoms with E-state index in [2.05, 4.69) is 11.3 Å². The Morgan fingerprint density at radius 1 is 1.69 bits per heavy atom. The lowest BCUT2D eigenvalue weighted by atomic mass is 9.73. The molecule has 0 spiro atoms. The van der Waals surface area contributed by atoms with Gasteiger partial charge in [-0.3, -0.25) is 4.79 Å². The summed E-state index contributed by atoms with van der Waals surface area (Å²) in [4.78, 5) is 11.3. The molecule has 3 heteroatoms. The van der Waals surface area contributed by atoms with Gasteiger partial charge in [0.25, 0.3) is 0 Å². The first-order valence-electron chi connectivity index (χ1n) is 5.54. The van der Waals surface area contributed by atoms with Gasteiger partial charge in [-0.25, -0.2) is 0 Å². The van der Waals surface area contributed by atoms with Crippen LogP contribution in [0.25, 0.3) is 0 Å². The number of allylic oxidation sites excluding steroid dienone is 2. The van der Waals surface area contributed by atoms with Gasteiger partial charge in [0, 0.05) is 5.92 Å². The lowest BCUT2D eigenvalue weighted by Gasteiger charge is -2.34. The minimum absolute atomic E-state index is 0.102. The Hall–Kier alpha value is -1.09. The van der Waals surface area contributed by atoms with E-state index in [9.17, 15) is 9.90 Å². The van der Waals surface area contributed by atoms with Crippen molar-refractivity contribution in [3.8, 4) is 0 Å². The van der Waals surface area contributed by atoms with Crippen LogP contribution in [0.3, 0.4) is 0 Å². The summed E-state index contributed by atoms with van der Waals surface area (Å²) >= 11 is 0. The second kappa shape index (κ2) is 5.30. The number of rotatable bonds is 3. The summed E-state index contributed by atoms with van der Waals surface area (Å²) in [6, 6.07) is 0. The zero-order valence-electron chi connectivity index (χ0n) is 10.2. The van der Waals surface area contributed by atoms with E-state index in [0.717, 1.165) is 17.6 Å². The van der Waals surface area contributed by atoms with E-state index in [-0.39, 0.29) is 24.2 Å².